The molecule has 0 fully saturated rings. The maximum Gasteiger partial charge on any atom is 0.573 e. The Morgan fingerprint density at radius 2 is 1.46 bits per heavy atom. The summed E-state index contributed by atoms with van der Waals surface area (Å²) in [5.74, 6) is -1.34. The number of halogens is 3. The van der Waals surface area contributed by atoms with Crippen LogP contribution in [0.25, 0.3) is 11.1 Å². The standard InChI is InChI=1S/C32H30F3NO3/c1-22-11-9-10-16-27(22)28-19-26(17-18-30(28)39-32(33,34)35)29(20-31(37)38)36(21-24-12-5-3-6-13-24)23(2)25-14-7-4-8-15-25/h3-19,23,29H,20-21H2,1-2H3,(H,37,38)/t23-,29+/m1/s1. The lowest BCUT2D eigenvalue weighted by Gasteiger charge is -2.37. The van der Waals surface area contributed by atoms with Crippen molar-refractivity contribution in [3.63, 3.8) is 0 Å². The van der Waals surface area contributed by atoms with E-state index >= 15 is 0 Å². The molecular weight excluding hydrogens is 503 g/mol. The van der Waals surface area contributed by atoms with E-state index in [1.165, 1.54) is 12.1 Å². The molecule has 0 aliphatic carbocycles. The molecular formula is C32H30F3NO3. The first-order valence-corrected chi connectivity index (χ1v) is 12.6. The zero-order valence-corrected chi connectivity index (χ0v) is 21.7. The fraction of sp³-hybridized carbons (Fsp3) is 0.219. The van der Waals surface area contributed by atoms with Crippen molar-refractivity contribution >= 4 is 5.97 Å². The molecule has 1 N–H and O–H groups in total. The van der Waals surface area contributed by atoms with E-state index in [4.69, 9.17) is 0 Å². The molecule has 0 heterocycles. The van der Waals surface area contributed by atoms with Crippen molar-refractivity contribution in [2.75, 3.05) is 0 Å². The van der Waals surface area contributed by atoms with Gasteiger partial charge in [-0.3, -0.25) is 9.69 Å². The molecule has 202 valence electrons. The minimum absolute atomic E-state index is 0.191. The summed E-state index contributed by atoms with van der Waals surface area (Å²) in [4.78, 5) is 14.2. The van der Waals surface area contributed by atoms with E-state index in [1.807, 2.05) is 86.6 Å². The topological polar surface area (TPSA) is 49.8 Å². The number of alkyl halides is 3. The third-order valence-electron chi connectivity index (χ3n) is 6.81. The van der Waals surface area contributed by atoms with Crippen molar-refractivity contribution in [1.82, 2.24) is 4.90 Å². The molecule has 0 aliphatic rings. The van der Waals surface area contributed by atoms with E-state index in [2.05, 4.69) is 9.64 Å². The predicted molar refractivity (Wildman–Crippen MR) is 145 cm³/mol. The van der Waals surface area contributed by atoms with Gasteiger partial charge in [-0.1, -0.05) is 91.0 Å². The number of aryl methyl sites for hydroxylation is 1. The number of carboxylic acid groups (broad SMARTS) is 1. The van der Waals surface area contributed by atoms with Gasteiger partial charge >= 0.3 is 12.3 Å². The number of rotatable bonds is 10. The first kappa shape index (κ1) is 27.9. The van der Waals surface area contributed by atoms with Crippen molar-refractivity contribution in [3.8, 4) is 16.9 Å². The van der Waals surface area contributed by atoms with Crippen LogP contribution in [0.4, 0.5) is 13.2 Å². The van der Waals surface area contributed by atoms with E-state index < -0.39 is 18.4 Å². The maximum absolute atomic E-state index is 13.3. The molecule has 0 unspecified atom stereocenters. The zero-order valence-electron chi connectivity index (χ0n) is 21.7. The Labute approximate surface area is 226 Å². The lowest BCUT2D eigenvalue weighted by atomic mass is 9.92. The minimum Gasteiger partial charge on any atom is -0.481 e. The highest BCUT2D eigenvalue weighted by Crippen LogP contribution is 2.41. The van der Waals surface area contributed by atoms with Crippen LogP contribution >= 0.6 is 0 Å². The van der Waals surface area contributed by atoms with Crippen LogP contribution in [0.3, 0.4) is 0 Å². The van der Waals surface area contributed by atoms with E-state index in [1.54, 1.807) is 18.2 Å². The molecule has 0 bridgehead atoms. The molecule has 0 aliphatic heterocycles. The highest BCUT2D eigenvalue weighted by Gasteiger charge is 2.34. The van der Waals surface area contributed by atoms with Crippen molar-refractivity contribution in [3.05, 3.63) is 125 Å². The van der Waals surface area contributed by atoms with Crippen LogP contribution in [-0.4, -0.2) is 22.3 Å². The molecule has 0 saturated carbocycles. The van der Waals surface area contributed by atoms with Gasteiger partial charge in [-0.15, -0.1) is 13.2 Å². The van der Waals surface area contributed by atoms with Gasteiger partial charge in [0.15, 0.2) is 0 Å². The first-order chi connectivity index (χ1) is 18.6. The number of nitrogens with zero attached hydrogens (tertiary/aromatic N) is 1. The van der Waals surface area contributed by atoms with Gasteiger partial charge in [-0.05, 0) is 53.8 Å². The average Bonchev–Trinajstić information content (AvgIpc) is 2.91. The Balaban J connectivity index is 1.87. The molecule has 4 rings (SSSR count). The van der Waals surface area contributed by atoms with Gasteiger partial charge in [-0.25, -0.2) is 0 Å². The third kappa shape index (κ3) is 7.27. The second kappa shape index (κ2) is 12.2. The highest BCUT2D eigenvalue weighted by atomic mass is 19.4. The largest absolute Gasteiger partial charge is 0.573 e. The maximum atomic E-state index is 13.3. The van der Waals surface area contributed by atoms with Crippen LogP contribution in [-0.2, 0) is 11.3 Å². The molecule has 39 heavy (non-hydrogen) atoms. The minimum atomic E-state index is -4.87. The fourth-order valence-electron chi connectivity index (χ4n) is 4.88. The van der Waals surface area contributed by atoms with E-state index in [0.29, 0.717) is 17.7 Å². The Hall–Kier alpha value is -4.10. The third-order valence-corrected chi connectivity index (χ3v) is 6.81. The average molecular weight is 534 g/mol. The van der Waals surface area contributed by atoms with Crippen LogP contribution < -0.4 is 4.74 Å². The van der Waals surface area contributed by atoms with Crippen LogP contribution in [0.5, 0.6) is 5.75 Å². The molecule has 0 saturated heterocycles. The quantitative estimate of drug-likeness (QED) is 0.223. The smallest absolute Gasteiger partial charge is 0.481 e. The molecule has 0 spiro atoms. The lowest BCUT2D eigenvalue weighted by molar-refractivity contribution is -0.274. The molecule has 0 amide bonds. The molecule has 4 aromatic carbocycles. The normalized spacial score (nSPS) is 13.2. The number of carbonyl (C=O) groups is 1. The van der Waals surface area contributed by atoms with Gasteiger partial charge < -0.3 is 9.84 Å². The summed E-state index contributed by atoms with van der Waals surface area (Å²) in [6, 6.07) is 30.2. The first-order valence-electron chi connectivity index (χ1n) is 12.6. The van der Waals surface area contributed by atoms with Crippen LogP contribution in [0, 0.1) is 6.92 Å². The summed E-state index contributed by atoms with van der Waals surface area (Å²) in [5.41, 5.74) is 4.19. The second-order valence-corrected chi connectivity index (χ2v) is 9.48. The molecule has 0 aromatic heterocycles. The van der Waals surface area contributed by atoms with Crippen LogP contribution in [0.2, 0.25) is 0 Å². The number of aliphatic carboxylic acids is 1. The van der Waals surface area contributed by atoms with Gasteiger partial charge in [0.25, 0.3) is 0 Å². The molecule has 4 aromatic rings. The highest BCUT2D eigenvalue weighted by molar-refractivity contribution is 5.75. The van der Waals surface area contributed by atoms with Crippen LogP contribution in [0.1, 0.15) is 47.7 Å². The van der Waals surface area contributed by atoms with Crippen LogP contribution in [0.15, 0.2) is 103 Å². The SMILES string of the molecule is Cc1ccccc1-c1cc([C@H](CC(=O)O)N(Cc2ccccc2)[C@H](C)c2ccccc2)ccc1OC(F)(F)F. The van der Waals surface area contributed by atoms with Gasteiger partial charge in [0.2, 0.25) is 0 Å². The van der Waals surface area contributed by atoms with Gasteiger partial charge in [0, 0.05) is 24.2 Å². The predicted octanol–water partition coefficient (Wildman–Crippen LogP) is 8.34. The number of benzene rings is 4. The summed E-state index contributed by atoms with van der Waals surface area (Å²) in [7, 11) is 0. The summed E-state index contributed by atoms with van der Waals surface area (Å²) in [5, 5.41) is 9.95. The monoisotopic (exact) mass is 533 g/mol. The molecule has 4 nitrogen and oxygen atoms in total. The lowest BCUT2D eigenvalue weighted by Crippen LogP contribution is -2.33. The van der Waals surface area contributed by atoms with E-state index in [-0.39, 0.29) is 23.8 Å². The number of hydrogen-bond acceptors (Lipinski definition) is 3. The van der Waals surface area contributed by atoms with E-state index in [0.717, 1.165) is 16.7 Å². The van der Waals surface area contributed by atoms with E-state index in [9.17, 15) is 23.1 Å². The number of ether oxygens (including phenoxy) is 1. The Morgan fingerprint density at radius 3 is 2.08 bits per heavy atom. The number of hydrogen-bond donors (Lipinski definition) is 1. The van der Waals surface area contributed by atoms with Gasteiger partial charge in [0.1, 0.15) is 5.75 Å². The zero-order chi connectivity index (χ0) is 28.0. The number of carboxylic acids is 1. The van der Waals surface area contributed by atoms with Crippen molar-refractivity contribution in [2.24, 2.45) is 0 Å². The Morgan fingerprint density at radius 1 is 0.846 bits per heavy atom. The van der Waals surface area contributed by atoms with Gasteiger partial charge in [0.05, 0.1) is 6.42 Å². The van der Waals surface area contributed by atoms with Gasteiger partial charge in [-0.2, -0.15) is 0 Å². The second-order valence-electron chi connectivity index (χ2n) is 9.48. The Kier molecular flexibility index (Phi) is 8.72. The summed E-state index contributed by atoms with van der Waals surface area (Å²) < 4.78 is 44.4. The molecule has 0 radical (unpaired) electrons. The molecule has 7 heteroatoms. The fourth-order valence-corrected chi connectivity index (χ4v) is 4.88. The van der Waals surface area contributed by atoms with Crippen molar-refractivity contribution < 1.29 is 27.8 Å². The Bertz CT molecular complexity index is 1390. The molecule has 2 atom stereocenters. The summed E-state index contributed by atoms with van der Waals surface area (Å²) in [6.07, 6.45) is -5.11. The van der Waals surface area contributed by atoms with Crippen molar-refractivity contribution in [2.45, 2.75) is 45.3 Å². The summed E-state index contributed by atoms with van der Waals surface area (Å²) >= 11 is 0. The summed E-state index contributed by atoms with van der Waals surface area (Å²) in [6.45, 7) is 4.26. The van der Waals surface area contributed by atoms with Crippen molar-refractivity contribution in [1.29, 1.82) is 0 Å².